The molecular formula is C26H24F3N5O5S. The van der Waals surface area contributed by atoms with Crippen molar-refractivity contribution in [2.45, 2.75) is 26.1 Å². The molecule has 210 valence electrons. The number of hydrogen-bond donors (Lipinski definition) is 3. The summed E-state index contributed by atoms with van der Waals surface area (Å²) >= 11 is 0.758. The van der Waals surface area contributed by atoms with Crippen LogP contribution < -0.4 is 16.1 Å². The molecule has 3 aromatic heterocycles. The number of carbonyl (C=O) groups is 2. The standard InChI is InChI=1S/C26H24F3N5O5S/c1-4-39-24(37)18-10-34(13(2)11-35)19-6-5-14(7-16(19)22(18)36)17-9-31-21(33-25(38)30-3)8-15(17)23-32-20(12-40-23)26(27,28)29/h5-10,12-13,35H,4,11H2,1-3H3,(H2,30,31,33,38)/t13-/m0/s1. The SMILES string of the molecule is CCOC(=O)c1cn([C@@H](C)CO)c2ccc(-c3cnc(NC(=O)NC)cc3-c3nc(C(F)(F)F)cs3)cc2c1=O. The van der Waals surface area contributed by atoms with Crippen LogP contribution in [0.5, 0.6) is 0 Å². The number of aliphatic hydroxyl groups is 1. The maximum absolute atomic E-state index is 13.4. The summed E-state index contributed by atoms with van der Waals surface area (Å²) in [7, 11) is 1.39. The fourth-order valence-corrected chi connectivity index (χ4v) is 4.82. The predicted molar refractivity (Wildman–Crippen MR) is 143 cm³/mol. The number of alkyl halides is 3. The zero-order valence-corrected chi connectivity index (χ0v) is 22.3. The minimum absolute atomic E-state index is 0.0105. The average molecular weight is 576 g/mol. The topological polar surface area (TPSA) is 135 Å². The first-order valence-corrected chi connectivity index (χ1v) is 12.9. The average Bonchev–Trinajstić information content (AvgIpc) is 3.44. The highest BCUT2D eigenvalue weighted by atomic mass is 32.1. The Kier molecular flexibility index (Phi) is 8.21. The number of hydrogen-bond acceptors (Lipinski definition) is 8. The fourth-order valence-electron chi connectivity index (χ4n) is 3.97. The van der Waals surface area contributed by atoms with E-state index < -0.39 is 35.3 Å². The van der Waals surface area contributed by atoms with E-state index in [1.807, 2.05) is 0 Å². The van der Waals surface area contributed by atoms with Gasteiger partial charge in [-0.25, -0.2) is 19.6 Å². The minimum atomic E-state index is -4.66. The number of amides is 2. The van der Waals surface area contributed by atoms with Gasteiger partial charge in [-0.3, -0.25) is 10.1 Å². The van der Waals surface area contributed by atoms with E-state index in [9.17, 15) is 32.7 Å². The van der Waals surface area contributed by atoms with E-state index in [0.29, 0.717) is 16.6 Å². The smallest absolute Gasteiger partial charge is 0.434 e. The van der Waals surface area contributed by atoms with Crippen LogP contribution in [0, 0.1) is 0 Å². The van der Waals surface area contributed by atoms with E-state index in [-0.39, 0.29) is 40.6 Å². The van der Waals surface area contributed by atoms with Crippen molar-refractivity contribution in [1.29, 1.82) is 0 Å². The Morgan fingerprint density at radius 2 is 1.98 bits per heavy atom. The Morgan fingerprint density at radius 1 is 1.23 bits per heavy atom. The van der Waals surface area contributed by atoms with Crippen LogP contribution in [0.15, 0.2) is 46.8 Å². The highest BCUT2D eigenvalue weighted by Gasteiger charge is 2.34. The molecule has 40 heavy (non-hydrogen) atoms. The molecule has 0 spiro atoms. The van der Waals surface area contributed by atoms with Crippen molar-refractivity contribution in [3.05, 3.63) is 63.5 Å². The first kappa shape index (κ1) is 28.7. The lowest BCUT2D eigenvalue weighted by molar-refractivity contribution is -0.140. The Hall–Kier alpha value is -4.30. The largest absolute Gasteiger partial charge is 0.462 e. The van der Waals surface area contributed by atoms with Gasteiger partial charge in [-0.2, -0.15) is 13.2 Å². The number of halogens is 3. The van der Waals surface area contributed by atoms with Crippen LogP contribution in [-0.4, -0.2) is 51.9 Å². The second-order valence-corrected chi connectivity index (χ2v) is 9.48. The summed E-state index contributed by atoms with van der Waals surface area (Å²) in [5.74, 6) is -0.764. The molecule has 0 aliphatic rings. The van der Waals surface area contributed by atoms with Gasteiger partial charge in [0.05, 0.1) is 24.8 Å². The molecule has 0 saturated heterocycles. The molecule has 4 rings (SSSR count). The quantitative estimate of drug-likeness (QED) is 0.272. The number of benzene rings is 1. The summed E-state index contributed by atoms with van der Waals surface area (Å²) < 4.78 is 46.6. The zero-order valence-electron chi connectivity index (χ0n) is 21.5. The predicted octanol–water partition coefficient (Wildman–Crippen LogP) is 4.69. The summed E-state index contributed by atoms with van der Waals surface area (Å²) in [6.07, 6.45) is -1.98. The lowest BCUT2D eigenvalue weighted by Crippen LogP contribution is -2.25. The maximum atomic E-state index is 13.4. The summed E-state index contributed by atoms with van der Waals surface area (Å²) in [6.45, 7) is 3.08. The van der Waals surface area contributed by atoms with E-state index in [0.717, 1.165) is 16.7 Å². The van der Waals surface area contributed by atoms with Gasteiger partial charge in [0, 0.05) is 41.3 Å². The number of ether oxygens (including phenoxy) is 1. The highest BCUT2D eigenvalue weighted by molar-refractivity contribution is 7.13. The molecule has 0 saturated carbocycles. The molecule has 3 N–H and O–H groups in total. The number of urea groups is 1. The normalized spacial score (nSPS) is 12.3. The third-order valence-electron chi connectivity index (χ3n) is 5.98. The molecule has 3 heterocycles. The van der Waals surface area contributed by atoms with Crippen LogP contribution in [0.2, 0.25) is 0 Å². The Labute approximate surface area is 229 Å². The number of thiazole rings is 1. The zero-order chi connectivity index (χ0) is 29.2. The van der Waals surface area contributed by atoms with Crippen molar-refractivity contribution < 1.29 is 32.6 Å². The molecule has 0 radical (unpaired) electrons. The molecular weight excluding hydrogens is 551 g/mol. The highest BCUT2D eigenvalue weighted by Crippen LogP contribution is 2.39. The number of aliphatic hydroxyl groups excluding tert-OH is 1. The second-order valence-electron chi connectivity index (χ2n) is 8.62. The minimum Gasteiger partial charge on any atom is -0.462 e. The van der Waals surface area contributed by atoms with Crippen LogP contribution >= 0.6 is 11.3 Å². The van der Waals surface area contributed by atoms with E-state index in [2.05, 4.69) is 20.6 Å². The molecule has 0 fully saturated rings. The van der Waals surface area contributed by atoms with Crippen LogP contribution in [0.1, 0.15) is 35.9 Å². The van der Waals surface area contributed by atoms with Gasteiger partial charge >= 0.3 is 18.2 Å². The monoisotopic (exact) mass is 575 g/mol. The molecule has 0 bridgehead atoms. The van der Waals surface area contributed by atoms with E-state index in [4.69, 9.17) is 4.74 Å². The van der Waals surface area contributed by atoms with Gasteiger partial charge < -0.3 is 19.7 Å². The molecule has 10 nitrogen and oxygen atoms in total. The third kappa shape index (κ3) is 5.67. The van der Waals surface area contributed by atoms with E-state index >= 15 is 0 Å². The van der Waals surface area contributed by atoms with Crippen molar-refractivity contribution in [1.82, 2.24) is 19.9 Å². The summed E-state index contributed by atoms with van der Waals surface area (Å²) in [4.78, 5) is 45.7. The number of nitrogens with zero attached hydrogens (tertiary/aromatic N) is 3. The van der Waals surface area contributed by atoms with Crippen LogP contribution in [0.4, 0.5) is 23.8 Å². The summed E-state index contributed by atoms with van der Waals surface area (Å²) in [6, 6.07) is 5.04. The summed E-state index contributed by atoms with van der Waals surface area (Å²) in [5.41, 5.74) is -0.546. The van der Waals surface area contributed by atoms with Gasteiger partial charge in [-0.15, -0.1) is 11.3 Å². The molecule has 0 aliphatic heterocycles. The van der Waals surface area contributed by atoms with Crippen molar-refractivity contribution in [2.75, 3.05) is 25.6 Å². The van der Waals surface area contributed by atoms with Crippen LogP contribution in [0.25, 0.3) is 32.6 Å². The van der Waals surface area contributed by atoms with E-state index in [1.54, 1.807) is 30.5 Å². The molecule has 1 atom stereocenters. The first-order valence-electron chi connectivity index (χ1n) is 12.0. The van der Waals surface area contributed by atoms with E-state index in [1.165, 1.54) is 31.6 Å². The number of fused-ring (bicyclic) bond motifs is 1. The molecule has 2 amide bonds. The Morgan fingerprint density at radius 3 is 2.60 bits per heavy atom. The molecule has 4 aromatic rings. The van der Waals surface area contributed by atoms with Crippen molar-refractivity contribution in [3.63, 3.8) is 0 Å². The van der Waals surface area contributed by atoms with Crippen molar-refractivity contribution in [2.24, 2.45) is 0 Å². The molecule has 1 aromatic carbocycles. The van der Waals surface area contributed by atoms with Crippen molar-refractivity contribution in [3.8, 4) is 21.7 Å². The van der Waals surface area contributed by atoms with Crippen LogP contribution in [0.3, 0.4) is 0 Å². The number of nitrogens with one attached hydrogen (secondary N) is 2. The number of anilines is 1. The third-order valence-corrected chi connectivity index (χ3v) is 6.85. The molecule has 14 heteroatoms. The lowest BCUT2D eigenvalue weighted by atomic mass is 9.99. The lowest BCUT2D eigenvalue weighted by Gasteiger charge is -2.19. The van der Waals surface area contributed by atoms with Gasteiger partial charge in [0.2, 0.25) is 5.43 Å². The van der Waals surface area contributed by atoms with Gasteiger partial charge in [-0.05, 0) is 37.6 Å². The molecule has 0 unspecified atom stereocenters. The number of esters is 1. The fraction of sp³-hybridized carbons (Fsp3) is 0.269. The number of pyridine rings is 2. The number of aromatic nitrogens is 3. The van der Waals surface area contributed by atoms with Gasteiger partial charge in [-0.1, -0.05) is 6.07 Å². The van der Waals surface area contributed by atoms with Gasteiger partial charge in [0.25, 0.3) is 0 Å². The Bertz CT molecular complexity index is 1650. The Balaban J connectivity index is 1.96. The van der Waals surface area contributed by atoms with Gasteiger partial charge in [0.15, 0.2) is 5.69 Å². The van der Waals surface area contributed by atoms with Gasteiger partial charge in [0.1, 0.15) is 16.4 Å². The summed E-state index contributed by atoms with van der Waals surface area (Å²) in [5, 5.41) is 15.6. The number of carbonyl (C=O) groups excluding carboxylic acids is 2. The second kappa shape index (κ2) is 11.4. The first-order chi connectivity index (χ1) is 19.0. The maximum Gasteiger partial charge on any atom is 0.434 e. The molecule has 0 aliphatic carbocycles. The number of rotatable bonds is 7. The van der Waals surface area contributed by atoms with Crippen molar-refractivity contribution >= 4 is 40.1 Å². The van der Waals surface area contributed by atoms with Crippen LogP contribution in [-0.2, 0) is 10.9 Å².